The second-order valence-electron chi connectivity index (χ2n) is 3.22. The van der Waals surface area contributed by atoms with Gasteiger partial charge in [-0.3, -0.25) is 0 Å². The van der Waals surface area contributed by atoms with Gasteiger partial charge < -0.3 is 14.2 Å². The highest BCUT2D eigenvalue weighted by Gasteiger charge is 2.11. The molecular formula is C12H6O9. The van der Waals surface area contributed by atoms with Gasteiger partial charge in [-0.15, -0.1) is 0 Å². The van der Waals surface area contributed by atoms with Crippen LogP contribution in [0.3, 0.4) is 0 Å². The van der Waals surface area contributed by atoms with Crippen molar-refractivity contribution in [3.8, 4) is 0 Å². The Morgan fingerprint density at radius 2 is 0.524 bits per heavy atom. The predicted molar refractivity (Wildman–Crippen MR) is 60.7 cm³/mol. The van der Waals surface area contributed by atoms with Crippen molar-refractivity contribution in [1.82, 2.24) is 0 Å². The number of ether oxygens (including phenoxy) is 3. The van der Waals surface area contributed by atoms with Crippen molar-refractivity contribution in [2.24, 2.45) is 0 Å². The Hall–Kier alpha value is -3.36. The van der Waals surface area contributed by atoms with Gasteiger partial charge in [0.1, 0.15) is 0 Å². The fourth-order valence-corrected chi connectivity index (χ4v) is 0.910. The molecule has 0 unspecified atom stereocenters. The summed E-state index contributed by atoms with van der Waals surface area (Å²) >= 11 is 0. The Balaban J connectivity index is 0.000000157. The first-order chi connectivity index (χ1) is 9.86. The van der Waals surface area contributed by atoms with Crippen molar-refractivity contribution in [1.29, 1.82) is 0 Å². The van der Waals surface area contributed by atoms with Gasteiger partial charge in [0.25, 0.3) is 0 Å². The summed E-state index contributed by atoms with van der Waals surface area (Å²) in [4.78, 5) is 59.5. The van der Waals surface area contributed by atoms with Crippen molar-refractivity contribution in [2.75, 3.05) is 0 Å². The van der Waals surface area contributed by atoms with E-state index in [-0.39, 0.29) is 0 Å². The van der Waals surface area contributed by atoms with Crippen LogP contribution >= 0.6 is 0 Å². The molecule has 0 amide bonds. The van der Waals surface area contributed by atoms with E-state index in [9.17, 15) is 28.8 Å². The van der Waals surface area contributed by atoms with Crippen LogP contribution in [0.2, 0.25) is 0 Å². The second kappa shape index (κ2) is 7.28. The summed E-state index contributed by atoms with van der Waals surface area (Å²) in [6.07, 6.45) is 6.51. The van der Waals surface area contributed by atoms with E-state index in [1.807, 2.05) is 0 Å². The van der Waals surface area contributed by atoms with Crippen LogP contribution in [0.15, 0.2) is 36.5 Å². The molecule has 0 aromatic rings. The third-order valence-electron chi connectivity index (χ3n) is 1.67. The molecular weight excluding hydrogens is 288 g/mol. The Bertz CT molecular complexity index is 473. The van der Waals surface area contributed by atoms with E-state index in [0.29, 0.717) is 0 Å². The van der Waals surface area contributed by atoms with E-state index in [1.54, 1.807) is 0 Å². The molecule has 9 heteroatoms. The minimum absolute atomic E-state index is 0.579. The molecule has 0 fully saturated rings. The van der Waals surface area contributed by atoms with Crippen LogP contribution in [0, 0.1) is 0 Å². The largest absolute Gasteiger partial charge is 0.387 e. The number of hydrogen-bond acceptors (Lipinski definition) is 9. The van der Waals surface area contributed by atoms with Gasteiger partial charge in [-0.1, -0.05) is 0 Å². The van der Waals surface area contributed by atoms with Crippen molar-refractivity contribution in [3.63, 3.8) is 0 Å². The van der Waals surface area contributed by atoms with Crippen LogP contribution in [0.5, 0.6) is 0 Å². The van der Waals surface area contributed by atoms with Gasteiger partial charge >= 0.3 is 35.8 Å². The number of esters is 6. The zero-order valence-corrected chi connectivity index (χ0v) is 10.1. The molecule has 0 aromatic heterocycles. The lowest BCUT2D eigenvalue weighted by molar-refractivity contribution is -0.151. The van der Waals surface area contributed by atoms with E-state index in [4.69, 9.17) is 0 Å². The zero-order chi connectivity index (χ0) is 15.8. The van der Waals surface area contributed by atoms with Gasteiger partial charge in [0, 0.05) is 36.5 Å². The highest BCUT2D eigenvalue weighted by Crippen LogP contribution is 1.93. The molecule has 0 saturated heterocycles. The number of cyclic esters (lactones) is 6. The van der Waals surface area contributed by atoms with Gasteiger partial charge in [0.05, 0.1) is 0 Å². The minimum Gasteiger partial charge on any atom is -0.387 e. The molecule has 0 saturated carbocycles. The molecule has 0 N–H and O–H groups in total. The SMILES string of the molecule is O=C1C=CC(=O)O1.O=C1C=CC(=O)O1.O=C1C=CC(=O)O1. The Kier molecular flexibility index (Phi) is 5.44. The maximum atomic E-state index is 9.92. The summed E-state index contributed by atoms with van der Waals surface area (Å²) in [5.41, 5.74) is 0. The first kappa shape index (κ1) is 15.7. The maximum Gasteiger partial charge on any atom is 0.338 e. The van der Waals surface area contributed by atoms with Crippen molar-refractivity contribution in [3.05, 3.63) is 36.5 Å². The van der Waals surface area contributed by atoms with Gasteiger partial charge in [0.2, 0.25) is 0 Å². The molecule has 3 aliphatic heterocycles. The van der Waals surface area contributed by atoms with Crippen LogP contribution in [-0.4, -0.2) is 35.8 Å². The number of hydrogen-bond donors (Lipinski definition) is 0. The number of rotatable bonds is 0. The fraction of sp³-hybridized carbons (Fsp3) is 0. The second-order valence-corrected chi connectivity index (χ2v) is 3.22. The summed E-state index contributed by atoms with van der Waals surface area (Å²) in [6.45, 7) is 0. The van der Waals surface area contributed by atoms with Crippen LogP contribution < -0.4 is 0 Å². The molecule has 0 atom stereocenters. The average molecular weight is 294 g/mol. The Morgan fingerprint density at radius 1 is 0.381 bits per heavy atom. The smallest absolute Gasteiger partial charge is 0.338 e. The van der Waals surface area contributed by atoms with E-state index in [2.05, 4.69) is 14.2 Å². The molecule has 0 bridgehead atoms. The van der Waals surface area contributed by atoms with Crippen LogP contribution in [0.25, 0.3) is 0 Å². The topological polar surface area (TPSA) is 130 Å². The zero-order valence-electron chi connectivity index (χ0n) is 10.1. The Labute approximate surface area is 116 Å². The third kappa shape index (κ3) is 6.38. The monoisotopic (exact) mass is 294 g/mol. The Morgan fingerprint density at radius 3 is 0.571 bits per heavy atom. The predicted octanol–water partition coefficient (Wildman–Crippen LogP) is -1.12. The summed E-state index contributed by atoms with van der Waals surface area (Å²) in [5, 5.41) is 0. The molecule has 108 valence electrons. The first-order valence-corrected chi connectivity index (χ1v) is 5.18. The third-order valence-corrected chi connectivity index (χ3v) is 1.67. The van der Waals surface area contributed by atoms with E-state index >= 15 is 0 Å². The van der Waals surface area contributed by atoms with Crippen molar-refractivity contribution >= 4 is 35.8 Å². The van der Waals surface area contributed by atoms with Crippen LogP contribution in [-0.2, 0) is 43.0 Å². The highest BCUT2D eigenvalue weighted by molar-refractivity contribution is 6.05. The van der Waals surface area contributed by atoms with Gasteiger partial charge in [-0.05, 0) is 0 Å². The molecule has 0 spiro atoms. The maximum absolute atomic E-state index is 9.92. The lowest BCUT2D eigenvalue weighted by atomic mass is 10.6. The standard InChI is InChI=1S/3C4H2O3/c3*5-3-1-2-4(6)7-3/h3*1-2H. The quantitative estimate of drug-likeness (QED) is 0.309. The highest BCUT2D eigenvalue weighted by atomic mass is 16.6. The summed E-state index contributed by atoms with van der Waals surface area (Å²) in [5.74, 6) is -3.47. The lowest BCUT2D eigenvalue weighted by Crippen LogP contribution is -1.96. The molecule has 0 radical (unpaired) electrons. The van der Waals surface area contributed by atoms with Gasteiger partial charge in [0.15, 0.2) is 0 Å². The normalized spacial score (nSPS) is 17.7. The molecule has 3 heterocycles. The summed E-state index contributed by atoms with van der Waals surface area (Å²) in [7, 11) is 0. The van der Waals surface area contributed by atoms with Crippen molar-refractivity contribution in [2.45, 2.75) is 0 Å². The summed E-state index contributed by atoms with van der Waals surface area (Å²) < 4.78 is 11.9. The lowest BCUT2D eigenvalue weighted by Gasteiger charge is -1.80. The summed E-state index contributed by atoms with van der Waals surface area (Å²) in [6, 6.07) is 0. The molecule has 9 nitrogen and oxygen atoms in total. The minimum atomic E-state index is -0.579. The van der Waals surface area contributed by atoms with Crippen molar-refractivity contribution < 1.29 is 43.0 Å². The fourth-order valence-electron chi connectivity index (χ4n) is 0.910. The van der Waals surface area contributed by atoms with Crippen LogP contribution in [0.4, 0.5) is 0 Å². The van der Waals surface area contributed by atoms with Gasteiger partial charge in [-0.25, -0.2) is 28.8 Å². The van der Waals surface area contributed by atoms with E-state index in [0.717, 1.165) is 36.5 Å². The van der Waals surface area contributed by atoms with Crippen LogP contribution in [0.1, 0.15) is 0 Å². The molecule has 3 rings (SSSR count). The molecule has 3 aliphatic rings. The molecule has 0 aliphatic carbocycles. The number of carbonyl (C=O) groups is 6. The van der Waals surface area contributed by atoms with Gasteiger partial charge in [-0.2, -0.15) is 0 Å². The average Bonchev–Trinajstić information content (AvgIpc) is 3.06. The molecule has 0 aromatic carbocycles. The van der Waals surface area contributed by atoms with E-state index < -0.39 is 35.8 Å². The first-order valence-electron chi connectivity index (χ1n) is 5.18. The van der Waals surface area contributed by atoms with E-state index in [1.165, 1.54) is 0 Å². The number of carbonyl (C=O) groups excluding carboxylic acids is 6. The molecule has 21 heavy (non-hydrogen) atoms.